The van der Waals surface area contributed by atoms with Gasteiger partial charge in [-0.25, -0.2) is 4.98 Å². The van der Waals surface area contributed by atoms with Gasteiger partial charge >= 0.3 is 0 Å². The molecule has 4 nitrogen and oxygen atoms in total. The van der Waals surface area contributed by atoms with Crippen LogP contribution in [0.15, 0.2) is 72.8 Å². The Morgan fingerprint density at radius 2 is 1.71 bits per heavy atom. The summed E-state index contributed by atoms with van der Waals surface area (Å²) in [5.41, 5.74) is 12.5. The summed E-state index contributed by atoms with van der Waals surface area (Å²) in [4.78, 5) is 17.9. The first kappa shape index (κ1) is 17.7. The second kappa shape index (κ2) is 7.16. The van der Waals surface area contributed by atoms with Gasteiger partial charge in [0, 0.05) is 22.3 Å². The van der Waals surface area contributed by atoms with E-state index in [1.54, 1.807) is 6.07 Å². The zero-order valence-electron chi connectivity index (χ0n) is 15.9. The molecule has 0 fully saturated rings. The third kappa shape index (κ3) is 3.45. The van der Waals surface area contributed by atoms with Crippen molar-refractivity contribution in [2.75, 3.05) is 11.1 Å². The van der Waals surface area contributed by atoms with E-state index < -0.39 is 0 Å². The maximum absolute atomic E-state index is 13.1. The van der Waals surface area contributed by atoms with Crippen molar-refractivity contribution in [2.24, 2.45) is 0 Å². The summed E-state index contributed by atoms with van der Waals surface area (Å²) < 4.78 is 0. The highest BCUT2D eigenvalue weighted by molar-refractivity contribution is 6.13. The maximum Gasteiger partial charge on any atom is 0.256 e. The van der Waals surface area contributed by atoms with Crippen LogP contribution in [-0.4, -0.2) is 10.9 Å². The number of nitrogens with two attached hydrogens (primary N) is 1. The van der Waals surface area contributed by atoms with Gasteiger partial charge in [0.1, 0.15) is 0 Å². The van der Waals surface area contributed by atoms with E-state index in [9.17, 15) is 4.79 Å². The summed E-state index contributed by atoms with van der Waals surface area (Å²) in [7, 11) is 0. The van der Waals surface area contributed by atoms with Crippen molar-refractivity contribution >= 4 is 28.2 Å². The molecule has 4 rings (SSSR count). The molecule has 0 aliphatic rings. The van der Waals surface area contributed by atoms with Crippen LogP contribution in [0.2, 0.25) is 0 Å². The molecule has 1 aromatic heterocycles. The molecule has 1 heterocycles. The fourth-order valence-electron chi connectivity index (χ4n) is 3.20. The second-order valence-electron chi connectivity index (χ2n) is 6.97. The van der Waals surface area contributed by atoms with Gasteiger partial charge in [-0.05, 0) is 49.7 Å². The molecule has 3 aromatic carbocycles. The number of hydrogen-bond acceptors (Lipinski definition) is 3. The van der Waals surface area contributed by atoms with Crippen LogP contribution in [0, 0.1) is 13.8 Å². The minimum atomic E-state index is -0.182. The number of pyridine rings is 1. The molecule has 0 radical (unpaired) electrons. The standard InChI is InChI=1S/C24H21N3O/c1-15-8-11-22-19(12-15)20(14-23(27-22)17-6-4-3-5-7-17)24(28)26-18-10-9-16(2)21(25)13-18/h3-14H,25H2,1-2H3,(H,26,28). The Bertz CT molecular complexity index is 1180. The van der Waals surface area contributed by atoms with Gasteiger partial charge in [0.05, 0.1) is 16.8 Å². The van der Waals surface area contributed by atoms with E-state index in [-0.39, 0.29) is 5.91 Å². The molecule has 4 aromatic rings. The average molecular weight is 367 g/mol. The SMILES string of the molecule is Cc1ccc2nc(-c3ccccc3)cc(C(=O)Nc3ccc(C)c(N)c3)c2c1. The number of aromatic nitrogens is 1. The molecule has 0 bridgehead atoms. The topological polar surface area (TPSA) is 68.0 Å². The number of carbonyl (C=O) groups excluding carboxylic acids is 1. The Labute approximate surface area is 164 Å². The zero-order chi connectivity index (χ0) is 19.7. The van der Waals surface area contributed by atoms with Crippen molar-refractivity contribution in [1.82, 2.24) is 4.98 Å². The van der Waals surface area contributed by atoms with E-state index in [2.05, 4.69) is 5.32 Å². The number of amides is 1. The van der Waals surface area contributed by atoms with Gasteiger partial charge in [-0.15, -0.1) is 0 Å². The fraction of sp³-hybridized carbons (Fsp3) is 0.0833. The first-order valence-corrected chi connectivity index (χ1v) is 9.15. The van der Waals surface area contributed by atoms with E-state index in [4.69, 9.17) is 10.7 Å². The van der Waals surface area contributed by atoms with Crippen LogP contribution in [0.4, 0.5) is 11.4 Å². The van der Waals surface area contributed by atoms with Crippen molar-refractivity contribution in [2.45, 2.75) is 13.8 Å². The van der Waals surface area contributed by atoms with Crippen molar-refractivity contribution in [3.05, 3.63) is 89.5 Å². The number of benzene rings is 3. The molecule has 4 heteroatoms. The van der Waals surface area contributed by atoms with Gasteiger partial charge in [0.2, 0.25) is 0 Å². The Hall–Kier alpha value is -3.66. The number of nitrogen functional groups attached to an aromatic ring is 1. The van der Waals surface area contributed by atoms with Crippen LogP contribution in [0.25, 0.3) is 22.2 Å². The van der Waals surface area contributed by atoms with Crippen molar-refractivity contribution < 1.29 is 4.79 Å². The average Bonchev–Trinajstić information content (AvgIpc) is 2.70. The summed E-state index contributed by atoms with van der Waals surface area (Å²) in [5, 5.41) is 3.80. The van der Waals surface area contributed by atoms with E-state index >= 15 is 0 Å². The highest BCUT2D eigenvalue weighted by atomic mass is 16.1. The third-order valence-corrected chi connectivity index (χ3v) is 4.82. The van der Waals surface area contributed by atoms with Crippen molar-refractivity contribution in [3.63, 3.8) is 0 Å². The van der Waals surface area contributed by atoms with E-state index in [0.29, 0.717) is 16.9 Å². The molecular weight excluding hydrogens is 346 g/mol. The van der Waals surface area contributed by atoms with Gasteiger partial charge in [0.15, 0.2) is 0 Å². The molecule has 0 saturated heterocycles. The molecule has 0 spiro atoms. The number of rotatable bonds is 3. The van der Waals surface area contributed by atoms with E-state index in [1.165, 1.54) is 0 Å². The first-order valence-electron chi connectivity index (χ1n) is 9.15. The minimum absolute atomic E-state index is 0.182. The van der Waals surface area contributed by atoms with Crippen LogP contribution < -0.4 is 11.1 Å². The summed E-state index contributed by atoms with van der Waals surface area (Å²) in [5.74, 6) is -0.182. The number of hydrogen-bond donors (Lipinski definition) is 2. The number of carbonyl (C=O) groups is 1. The number of nitrogens with one attached hydrogen (secondary N) is 1. The molecular formula is C24H21N3O. The number of nitrogens with zero attached hydrogens (tertiary/aromatic N) is 1. The number of anilines is 2. The number of fused-ring (bicyclic) bond motifs is 1. The molecule has 0 unspecified atom stereocenters. The predicted molar refractivity (Wildman–Crippen MR) is 115 cm³/mol. The lowest BCUT2D eigenvalue weighted by Crippen LogP contribution is -2.13. The van der Waals surface area contributed by atoms with Crippen LogP contribution in [-0.2, 0) is 0 Å². The molecule has 0 aliphatic heterocycles. The van der Waals surface area contributed by atoms with Crippen LogP contribution in [0.5, 0.6) is 0 Å². The Balaban J connectivity index is 1.82. The van der Waals surface area contributed by atoms with Crippen LogP contribution >= 0.6 is 0 Å². The lowest BCUT2D eigenvalue weighted by molar-refractivity contribution is 0.102. The summed E-state index contributed by atoms with van der Waals surface area (Å²) in [6.45, 7) is 3.94. The summed E-state index contributed by atoms with van der Waals surface area (Å²) in [6, 6.07) is 23.2. The first-order chi connectivity index (χ1) is 13.5. The Morgan fingerprint density at radius 1 is 0.929 bits per heavy atom. The summed E-state index contributed by atoms with van der Waals surface area (Å²) in [6.07, 6.45) is 0. The molecule has 0 saturated carbocycles. The molecule has 1 amide bonds. The van der Waals surface area contributed by atoms with Gasteiger partial charge in [-0.3, -0.25) is 4.79 Å². The van der Waals surface area contributed by atoms with Crippen LogP contribution in [0.1, 0.15) is 21.5 Å². The Morgan fingerprint density at radius 3 is 2.46 bits per heavy atom. The normalized spacial score (nSPS) is 10.8. The quantitative estimate of drug-likeness (QED) is 0.479. The summed E-state index contributed by atoms with van der Waals surface area (Å²) >= 11 is 0. The minimum Gasteiger partial charge on any atom is -0.398 e. The molecule has 3 N–H and O–H groups in total. The lowest BCUT2D eigenvalue weighted by atomic mass is 10.0. The van der Waals surface area contributed by atoms with Gasteiger partial charge < -0.3 is 11.1 Å². The highest BCUT2D eigenvalue weighted by Gasteiger charge is 2.15. The zero-order valence-corrected chi connectivity index (χ0v) is 15.9. The van der Waals surface area contributed by atoms with E-state index in [1.807, 2.05) is 80.6 Å². The molecule has 0 aliphatic carbocycles. The van der Waals surface area contributed by atoms with Crippen molar-refractivity contribution in [1.29, 1.82) is 0 Å². The smallest absolute Gasteiger partial charge is 0.256 e. The third-order valence-electron chi connectivity index (χ3n) is 4.82. The maximum atomic E-state index is 13.1. The lowest BCUT2D eigenvalue weighted by Gasteiger charge is -2.12. The highest BCUT2D eigenvalue weighted by Crippen LogP contribution is 2.27. The van der Waals surface area contributed by atoms with E-state index in [0.717, 1.165) is 33.3 Å². The van der Waals surface area contributed by atoms with Crippen LogP contribution in [0.3, 0.4) is 0 Å². The Kier molecular flexibility index (Phi) is 4.53. The molecule has 138 valence electrons. The largest absolute Gasteiger partial charge is 0.398 e. The fourth-order valence-corrected chi connectivity index (χ4v) is 3.20. The van der Waals surface area contributed by atoms with Crippen molar-refractivity contribution in [3.8, 4) is 11.3 Å². The predicted octanol–water partition coefficient (Wildman–Crippen LogP) is 5.35. The molecule has 0 atom stereocenters. The van der Waals surface area contributed by atoms with Gasteiger partial charge in [0.25, 0.3) is 5.91 Å². The number of aryl methyl sites for hydroxylation is 2. The van der Waals surface area contributed by atoms with Gasteiger partial charge in [-0.1, -0.05) is 48.0 Å². The monoisotopic (exact) mass is 367 g/mol. The second-order valence-corrected chi connectivity index (χ2v) is 6.97. The molecule has 28 heavy (non-hydrogen) atoms. The van der Waals surface area contributed by atoms with Gasteiger partial charge in [-0.2, -0.15) is 0 Å².